The summed E-state index contributed by atoms with van der Waals surface area (Å²) < 4.78 is 1.23. The van der Waals surface area contributed by atoms with Crippen molar-refractivity contribution in [2.75, 3.05) is 25.0 Å². The highest BCUT2D eigenvalue weighted by atomic mass is 79.9. The van der Waals surface area contributed by atoms with Gasteiger partial charge in [-0.1, -0.05) is 18.9 Å². The smallest absolute Gasteiger partial charge is 0.0510 e. The van der Waals surface area contributed by atoms with E-state index in [4.69, 9.17) is 0 Å². The maximum atomic E-state index is 3.74. The van der Waals surface area contributed by atoms with E-state index in [9.17, 15) is 0 Å². The molecule has 1 N–H and O–H groups in total. The summed E-state index contributed by atoms with van der Waals surface area (Å²) in [5, 5.41) is 3.28. The van der Waals surface area contributed by atoms with Gasteiger partial charge in [-0.2, -0.15) is 0 Å². The maximum absolute atomic E-state index is 3.74. The van der Waals surface area contributed by atoms with Gasteiger partial charge in [0.05, 0.1) is 5.69 Å². The Morgan fingerprint density at radius 3 is 2.39 bits per heavy atom. The summed E-state index contributed by atoms with van der Waals surface area (Å²) in [7, 11) is 2.00. The van der Waals surface area contributed by atoms with Crippen LogP contribution in [0.1, 0.15) is 44.2 Å². The SMILES string of the molecule is CNC(C)c1ccc(N2CCCCCC2)c(Br)c1. The van der Waals surface area contributed by atoms with Crippen molar-refractivity contribution in [3.63, 3.8) is 0 Å². The van der Waals surface area contributed by atoms with Crippen LogP contribution in [0.3, 0.4) is 0 Å². The van der Waals surface area contributed by atoms with Crippen molar-refractivity contribution in [3.05, 3.63) is 28.2 Å². The van der Waals surface area contributed by atoms with Gasteiger partial charge < -0.3 is 10.2 Å². The second-order valence-electron chi connectivity index (χ2n) is 5.12. The van der Waals surface area contributed by atoms with E-state index in [1.807, 2.05) is 7.05 Å². The molecule has 0 amide bonds. The molecule has 3 heteroatoms. The molecule has 0 aromatic heterocycles. The van der Waals surface area contributed by atoms with Gasteiger partial charge in [0.25, 0.3) is 0 Å². The number of benzene rings is 1. The molecule has 1 unspecified atom stereocenters. The summed E-state index contributed by atoms with van der Waals surface area (Å²) in [6.07, 6.45) is 5.40. The standard InChI is InChI=1S/C15H23BrN2/c1-12(17-2)13-7-8-15(14(16)11-13)18-9-5-3-4-6-10-18/h7-8,11-12,17H,3-6,9-10H2,1-2H3. The van der Waals surface area contributed by atoms with Crippen LogP contribution in [0.4, 0.5) is 5.69 Å². The van der Waals surface area contributed by atoms with E-state index in [0.717, 1.165) is 0 Å². The Morgan fingerprint density at radius 2 is 1.83 bits per heavy atom. The molecule has 1 aliphatic heterocycles. The Labute approximate surface area is 119 Å². The van der Waals surface area contributed by atoms with E-state index >= 15 is 0 Å². The summed E-state index contributed by atoms with van der Waals surface area (Å²) in [6.45, 7) is 4.58. The van der Waals surface area contributed by atoms with Gasteiger partial charge in [0.2, 0.25) is 0 Å². The van der Waals surface area contributed by atoms with Crippen LogP contribution >= 0.6 is 15.9 Å². The molecule has 1 aromatic carbocycles. The van der Waals surface area contributed by atoms with Crippen molar-refractivity contribution < 1.29 is 0 Å². The van der Waals surface area contributed by atoms with Crippen LogP contribution < -0.4 is 10.2 Å². The molecule has 18 heavy (non-hydrogen) atoms. The molecule has 2 rings (SSSR count). The number of hydrogen-bond acceptors (Lipinski definition) is 2. The van der Waals surface area contributed by atoms with Crippen LogP contribution in [0.2, 0.25) is 0 Å². The molecule has 0 bridgehead atoms. The van der Waals surface area contributed by atoms with E-state index in [0.29, 0.717) is 6.04 Å². The normalized spacial score (nSPS) is 18.5. The average Bonchev–Trinajstić information content (AvgIpc) is 2.66. The van der Waals surface area contributed by atoms with E-state index in [2.05, 4.69) is 51.3 Å². The summed E-state index contributed by atoms with van der Waals surface area (Å²) in [5.74, 6) is 0. The Hall–Kier alpha value is -0.540. The minimum Gasteiger partial charge on any atom is -0.371 e. The van der Waals surface area contributed by atoms with Gasteiger partial charge in [-0.25, -0.2) is 0 Å². The minimum atomic E-state index is 0.402. The second-order valence-corrected chi connectivity index (χ2v) is 5.98. The molecule has 1 aliphatic rings. The predicted octanol–water partition coefficient (Wildman–Crippen LogP) is 4.11. The van der Waals surface area contributed by atoms with Crippen LogP contribution in [-0.2, 0) is 0 Å². The molecular weight excluding hydrogens is 288 g/mol. The fourth-order valence-electron chi connectivity index (χ4n) is 2.53. The monoisotopic (exact) mass is 310 g/mol. The molecule has 1 aromatic rings. The van der Waals surface area contributed by atoms with Crippen molar-refractivity contribution >= 4 is 21.6 Å². The lowest BCUT2D eigenvalue weighted by atomic mass is 10.1. The van der Waals surface area contributed by atoms with Gasteiger partial charge >= 0.3 is 0 Å². The highest BCUT2D eigenvalue weighted by molar-refractivity contribution is 9.10. The van der Waals surface area contributed by atoms with Gasteiger partial charge in [-0.15, -0.1) is 0 Å². The van der Waals surface area contributed by atoms with Crippen LogP contribution in [0.5, 0.6) is 0 Å². The molecule has 2 nitrogen and oxygen atoms in total. The third kappa shape index (κ3) is 3.27. The average molecular weight is 311 g/mol. The zero-order valence-corrected chi connectivity index (χ0v) is 13.0. The minimum absolute atomic E-state index is 0.402. The maximum Gasteiger partial charge on any atom is 0.0510 e. The lowest BCUT2D eigenvalue weighted by Crippen LogP contribution is -2.24. The van der Waals surface area contributed by atoms with Crippen LogP contribution in [-0.4, -0.2) is 20.1 Å². The first kappa shape index (κ1) is 13.9. The molecule has 0 aliphatic carbocycles. The molecule has 0 saturated carbocycles. The highest BCUT2D eigenvalue weighted by Crippen LogP contribution is 2.30. The lowest BCUT2D eigenvalue weighted by Gasteiger charge is -2.25. The van der Waals surface area contributed by atoms with Crippen molar-refractivity contribution in [2.24, 2.45) is 0 Å². The lowest BCUT2D eigenvalue weighted by molar-refractivity contribution is 0.651. The Kier molecular flexibility index (Phi) is 5.07. The molecule has 1 fully saturated rings. The number of halogens is 1. The Bertz CT molecular complexity index is 384. The number of rotatable bonds is 3. The van der Waals surface area contributed by atoms with Crippen molar-refractivity contribution in [2.45, 2.75) is 38.6 Å². The van der Waals surface area contributed by atoms with E-state index in [1.54, 1.807) is 0 Å². The molecule has 0 spiro atoms. The molecule has 100 valence electrons. The first-order chi connectivity index (χ1) is 8.72. The molecule has 1 heterocycles. The van der Waals surface area contributed by atoms with Crippen molar-refractivity contribution in [3.8, 4) is 0 Å². The molecule has 1 atom stereocenters. The van der Waals surface area contributed by atoms with Crippen LogP contribution in [0.25, 0.3) is 0 Å². The Morgan fingerprint density at radius 1 is 1.17 bits per heavy atom. The largest absolute Gasteiger partial charge is 0.371 e. The third-order valence-electron chi connectivity index (χ3n) is 3.85. The number of nitrogens with one attached hydrogen (secondary N) is 1. The zero-order valence-electron chi connectivity index (χ0n) is 11.4. The van der Waals surface area contributed by atoms with E-state index < -0.39 is 0 Å². The third-order valence-corrected chi connectivity index (χ3v) is 4.49. The van der Waals surface area contributed by atoms with Gasteiger partial charge in [-0.05, 0) is 60.4 Å². The van der Waals surface area contributed by atoms with Crippen molar-refractivity contribution in [1.29, 1.82) is 0 Å². The van der Waals surface area contributed by atoms with Crippen molar-refractivity contribution in [1.82, 2.24) is 5.32 Å². The molecule has 1 saturated heterocycles. The number of anilines is 1. The summed E-state index contributed by atoms with van der Waals surface area (Å²) in [4.78, 5) is 2.52. The predicted molar refractivity (Wildman–Crippen MR) is 82.3 cm³/mol. The van der Waals surface area contributed by atoms with Gasteiger partial charge in [0.15, 0.2) is 0 Å². The fourth-order valence-corrected chi connectivity index (χ4v) is 3.17. The van der Waals surface area contributed by atoms with E-state index in [-0.39, 0.29) is 0 Å². The Balaban J connectivity index is 2.18. The molecular formula is C15H23BrN2. The van der Waals surface area contributed by atoms with Crippen LogP contribution in [0.15, 0.2) is 22.7 Å². The molecule has 0 radical (unpaired) electrons. The second kappa shape index (κ2) is 6.58. The first-order valence-corrected chi connectivity index (χ1v) is 7.73. The van der Waals surface area contributed by atoms with Gasteiger partial charge in [-0.3, -0.25) is 0 Å². The van der Waals surface area contributed by atoms with Gasteiger partial charge in [0, 0.05) is 23.6 Å². The number of hydrogen-bond donors (Lipinski definition) is 1. The zero-order chi connectivity index (χ0) is 13.0. The topological polar surface area (TPSA) is 15.3 Å². The first-order valence-electron chi connectivity index (χ1n) is 6.94. The summed E-state index contributed by atoms with van der Waals surface area (Å²) in [6, 6.07) is 7.16. The summed E-state index contributed by atoms with van der Waals surface area (Å²) in [5.41, 5.74) is 2.69. The highest BCUT2D eigenvalue weighted by Gasteiger charge is 2.13. The van der Waals surface area contributed by atoms with Crippen LogP contribution in [0, 0.1) is 0 Å². The summed E-state index contributed by atoms with van der Waals surface area (Å²) >= 11 is 3.74. The fraction of sp³-hybridized carbons (Fsp3) is 0.600. The van der Waals surface area contributed by atoms with E-state index in [1.165, 1.54) is 54.5 Å². The quantitative estimate of drug-likeness (QED) is 0.904. The van der Waals surface area contributed by atoms with Gasteiger partial charge in [0.1, 0.15) is 0 Å². The number of nitrogens with zero attached hydrogens (tertiary/aromatic N) is 1.